The fraction of sp³-hybridized carbons (Fsp3) is 1.00. The van der Waals surface area contributed by atoms with Gasteiger partial charge in [-0.1, -0.05) is 13.8 Å². The molecule has 1 N–H and O–H groups in total. The highest BCUT2D eigenvalue weighted by atomic mass is 15.2. The molecule has 1 aliphatic rings. The highest BCUT2D eigenvalue weighted by Gasteiger charge is 2.24. The van der Waals surface area contributed by atoms with Crippen LogP contribution in [-0.2, 0) is 0 Å². The Kier molecular flexibility index (Phi) is 4.90. The van der Waals surface area contributed by atoms with Crippen LogP contribution in [0.3, 0.4) is 0 Å². The van der Waals surface area contributed by atoms with E-state index in [4.69, 9.17) is 0 Å². The van der Waals surface area contributed by atoms with E-state index >= 15 is 0 Å². The number of hydrogen-bond acceptors (Lipinski definition) is 2. The third kappa shape index (κ3) is 2.96. The van der Waals surface area contributed by atoms with Gasteiger partial charge in [0.1, 0.15) is 0 Å². The SMILES string of the molecule is CCC(NC)C(C)N1CCC(C)CC1. The quantitative estimate of drug-likeness (QED) is 0.744. The molecule has 0 aromatic carbocycles. The molecule has 0 aromatic heterocycles. The molecule has 1 aliphatic heterocycles. The number of likely N-dealkylation sites (tertiary alicyclic amines) is 1. The first-order valence-corrected chi connectivity index (χ1v) is 6.10. The number of nitrogens with zero attached hydrogens (tertiary/aromatic N) is 1. The number of hydrogen-bond donors (Lipinski definition) is 1. The van der Waals surface area contributed by atoms with Crippen LogP contribution in [0.4, 0.5) is 0 Å². The van der Waals surface area contributed by atoms with Gasteiger partial charge in [0, 0.05) is 12.1 Å². The Morgan fingerprint density at radius 1 is 1.36 bits per heavy atom. The predicted octanol–water partition coefficient (Wildman–Crippen LogP) is 2.10. The fourth-order valence-corrected chi connectivity index (χ4v) is 2.48. The molecule has 14 heavy (non-hydrogen) atoms. The zero-order chi connectivity index (χ0) is 10.6. The van der Waals surface area contributed by atoms with Crippen molar-refractivity contribution in [1.82, 2.24) is 10.2 Å². The molecule has 0 aliphatic carbocycles. The maximum atomic E-state index is 3.42. The van der Waals surface area contributed by atoms with Crippen molar-refractivity contribution < 1.29 is 0 Å². The maximum absolute atomic E-state index is 3.42. The molecule has 0 spiro atoms. The van der Waals surface area contributed by atoms with Crippen LogP contribution in [-0.4, -0.2) is 37.1 Å². The highest BCUT2D eigenvalue weighted by Crippen LogP contribution is 2.19. The summed E-state index contributed by atoms with van der Waals surface area (Å²) in [7, 11) is 2.08. The van der Waals surface area contributed by atoms with Crippen molar-refractivity contribution >= 4 is 0 Å². The molecule has 2 heteroatoms. The first kappa shape index (κ1) is 12.0. The zero-order valence-corrected chi connectivity index (χ0v) is 10.2. The average Bonchev–Trinajstić information content (AvgIpc) is 2.20. The summed E-state index contributed by atoms with van der Waals surface area (Å²) < 4.78 is 0. The van der Waals surface area contributed by atoms with Crippen LogP contribution < -0.4 is 5.32 Å². The summed E-state index contributed by atoms with van der Waals surface area (Å²) in [6.07, 6.45) is 3.98. The molecule has 0 radical (unpaired) electrons. The summed E-state index contributed by atoms with van der Waals surface area (Å²) in [6, 6.07) is 1.35. The number of rotatable bonds is 4. The Hall–Kier alpha value is -0.0800. The molecule has 2 atom stereocenters. The smallest absolute Gasteiger partial charge is 0.0220 e. The second kappa shape index (κ2) is 5.72. The van der Waals surface area contributed by atoms with Gasteiger partial charge >= 0.3 is 0 Å². The van der Waals surface area contributed by atoms with Crippen LogP contribution in [0.15, 0.2) is 0 Å². The molecule has 0 bridgehead atoms. The van der Waals surface area contributed by atoms with Crippen LogP contribution >= 0.6 is 0 Å². The molecule has 1 saturated heterocycles. The van der Waals surface area contributed by atoms with Crippen molar-refractivity contribution in [2.24, 2.45) is 5.92 Å². The molecule has 0 amide bonds. The van der Waals surface area contributed by atoms with Gasteiger partial charge in [-0.3, -0.25) is 4.90 Å². The Balaban J connectivity index is 2.39. The minimum atomic E-state index is 0.656. The van der Waals surface area contributed by atoms with Crippen LogP contribution in [0.2, 0.25) is 0 Å². The van der Waals surface area contributed by atoms with Crippen molar-refractivity contribution in [2.75, 3.05) is 20.1 Å². The molecule has 1 fully saturated rings. The normalized spacial score (nSPS) is 24.9. The predicted molar refractivity (Wildman–Crippen MR) is 62.6 cm³/mol. The minimum Gasteiger partial charge on any atom is -0.315 e. The van der Waals surface area contributed by atoms with Gasteiger partial charge < -0.3 is 5.32 Å². The van der Waals surface area contributed by atoms with Gasteiger partial charge in [0.25, 0.3) is 0 Å². The number of nitrogens with one attached hydrogen (secondary N) is 1. The summed E-state index contributed by atoms with van der Waals surface area (Å²) in [5.41, 5.74) is 0. The standard InChI is InChI=1S/C12H26N2/c1-5-12(13-4)11(3)14-8-6-10(2)7-9-14/h10-13H,5-9H2,1-4H3. The van der Waals surface area contributed by atoms with Gasteiger partial charge in [0.15, 0.2) is 0 Å². The van der Waals surface area contributed by atoms with E-state index < -0.39 is 0 Å². The largest absolute Gasteiger partial charge is 0.315 e. The van der Waals surface area contributed by atoms with E-state index in [1.807, 2.05) is 0 Å². The fourth-order valence-electron chi connectivity index (χ4n) is 2.48. The van der Waals surface area contributed by atoms with E-state index in [2.05, 4.69) is 38.0 Å². The summed E-state index contributed by atoms with van der Waals surface area (Å²) >= 11 is 0. The van der Waals surface area contributed by atoms with Gasteiger partial charge in [-0.15, -0.1) is 0 Å². The van der Waals surface area contributed by atoms with E-state index in [-0.39, 0.29) is 0 Å². The summed E-state index contributed by atoms with van der Waals surface area (Å²) in [5.74, 6) is 0.938. The molecule has 0 aromatic rings. The van der Waals surface area contributed by atoms with Gasteiger partial charge in [-0.25, -0.2) is 0 Å². The molecule has 84 valence electrons. The summed E-state index contributed by atoms with van der Waals surface area (Å²) in [5, 5.41) is 3.42. The minimum absolute atomic E-state index is 0.656. The first-order chi connectivity index (χ1) is 6.69. The van der Waals surface area contributed by atoms with Crippen molar-refractivity contribution in [1.29, 1.82) is 0 Å². The van der Waals surface area contributed by atoms with Crippen molar-refractivity contribution in [2.45, 2.75) is 52.1 Å². The van der Waals surface area contributed by atoms with Crippen molar-refractivity contribution in [3.63, 3.8) is 0 Å². The molecule has 1 heterocycles. The second-order valence-corrected chi connectivity index (χ2v) is 4.76. The van der Waals surface area contributed by atoms with Crippen molar-refractivity contribution in [3.05, 3.63) is 0 Å². The number of piperidine rings is 1. The molecule has 0 saturated carbocycles. The van der Waals surface area contributed by atoms with Gasteiger partial charge in [-0.05, 0) is 52.2 Å². The Bertz CT molecular complexity index is 146. The Labute approximate surface area is 89.1 Å². The van der Waals surface area contributed by atoms with Crippen LogP contribution in [0.1, 0.15) is 40.0 Å². The van der Waals surface area contributed by atoms with E-state index in [0.717, 1.165) is 5.92 Å². The summed E-state index contributed by atoms with van der Waals surface area (Å²) in [6.45, 7) is 9.59. The monoisotopic (exact) mass is 198 g/mol. The first-order valence-electron chi connectivity index (χ1n) is 6.10. The maximum Gasteiger partial charge on any atom is 0.0220 e. The third-order valence-electron chi connectivity index (χ3n) is 3.79. The van der Waals surface area contributed by atoms with E-state index in [1.54, 1.807) is 0 Å². The lowest BCUT2D eigenvalue weighted by atomic mass is 9.96. The van der Waals surface area contributed by atoms with Crippen LogP contribution in [0.25, 0.3) is 0 Å². The molecular weight excluding hydrogens is 172 g/mol. The average molecular weight is 198 g/mol. The number of likely N-dealkylation sites (N-methyl/N-ethyl adjacent to an activating group) is 1. The van der Waals surface area contributed by atoms with Gasteiger partial charge in [-0.2, -0.15) is 0 Å². The lowest BCUT2D eigenvalue weighted by Crippen LogP contribution is -2.49. The lowest BCUT2D eigenvalue weighted by Gasteiger charge is -2.38. The lowest BCUT2D eigenvalue weighted by molar-refractivity contribution is 0.121. The van der Waals surface area contributed by atoms with Crippen LogP contribution in [0.5, 0.6) is 0 Å². The van der Waals surface area contributed by atoms with Crippen molar-refractivity contribution in [3.8, 4) is 0 Å². The molecule has 2 nitrogen and oxygen atoms in total. The van der Waals surface area contributed by atoms with Gasteiger partial charge in [0.2, 0.25) is 0 Å². The molecule has 1 rings (SSSR count). The highest BCUT2D eigenvalue weighted by molar-refractivity contribution is 4.82. The van der Waals surface area contributed by atoms with Gasteiger partial charge in [0.05, 0.1) is 0 Å². The van der Waals surface area contributed by atoms with Crippen LogP contribution in [0, 0.1) is 5.92 Å². The van der Waals surface area contributed by atoms with E-state index in [9.17, 15) is 0 Å². The third-order valence-corrected chi connectivity index (χ3v) is 3.79. The van der Waals surface area contributed by atoms with E-state index in [1.165, 1.54) is 32.4 Å². The zero-order valence-electron chi connectivity index (χ0n) is 10.2. The Morgan fingerprint density at radius 3 is 2.36 bits per heavy atom. The topological polar surface area (TPSA) is 15.3 Å². The second-order valence-electron chi connectivity index (χ2n) is 4.76. The molecular formula is C12H26N2. The summed E-state index contributed by atoms with van der Waals surface area (Å²) in [4.78, 5) is 2.64. The van der Waals surface area contributed by atoms with E-state index in [0.29, 0.717) is 12.1 Å². The molecule has 2 unspecified atom stereocenters. The Morgan fingerprint density at radius 2 is 1.93 bits per heavy atom.